The molecule has 2 rings (SSSR count). The van der Waals surface area contributed by atoms with Gasteiger partial charge in [0.1, 0.15) is 5.75 Å². The molecule has 0 unspecified atom stereocenters. The van der Waals surface area contributed by atoms with E-state index in [1.165, 1.54) is 0 Å². The highest BCUT2D eigenvalue weighted by molar-refractivity contribution is 7.89. The minimum atomic E-state index is -3.32. The molecule has 5 heteroatoms. The summed E-state index contributed by atoms with van der Waals surface area (Å²) in [5.41, 5.74) is 1.73. The highest BCUT2D eigenvalue weighted by Gasteiger charge is 2.10. The molecule has 20 heavy (non-hydrogen) atoms. The molecule has 0 amide bonds. The van der Waals surface area contributed by atoms with Crippen LogP contribution in [0.2, 0.25) is 0 Å². The number of phenols is 1. The fraction of sp³-hybridized carbons (Fsp3) is 0.200. The average Bonchev–Trinajstić information content (AvgIpc) is 2.45. The van der Waals surface area contributed by atoms with Gasteiger partial charge in [-0.1, -0.05) is 42.5 Å². The van der Waals surface area contributed by atoms with Crippen LogP contribution >= 0.6 is 0 Å². The van der Waals surface area contributed by atoms with E-state index in [-0.39, 0.29) is 18.0 Å². The summed E-state index contributed by atoms with van der Waals surface area (Å²) < 4.78 is 26.3. The Morgan fingerprint density at radius 1 is 0.950 bits per heavy atom. The molecule has 0 aliphatic carbocycles. The predicted molar refractivity (Wildman–Crippen MR) is 78.9 cm³/mol. The van der Waals surface area contributed by atoms with Gasteiger partial charge in [-0.05, 0) is 29.7 Å². The lowest BCUT2D eigenvalue weighted by molar-refractivity contribution is 0.474. The summed E-state index contributed by atoms with van der Waals surface area (Å²) in [4.78, 5) is 0. The van der Waals surface area contributed by atoms with Crippen molar-refractivity contribution >= 4 is 10.0 Å². The maximum Gasteiger partial charge on any atom is 0.212 e. The molecular formula is C15H17NO3S. The number of aryl methyl sites for hydroxylation is 1. The zero-order chi connectivity index (χ0) is 14.4. The Morgan fingerprint density at radius 2 is 1.65 bits per heavy atom. The first-order chi connectivity index (χ1) is 9.55. The van der Waals surface area contributed by atoms with Crippen molar-refractivity contribution in [2.75, 3.05) is 5.75 Å². The molecule has 2 aromatic rings. The minimum absolute atomic E-state index is 0.0514. The van der Waals surface area contributed by atoms with Gasteiger partial charge in [0.25, 0.3) is 0 Å². The first kappa shape index (κ1) is 14.6. The molecule has 0 aromatic heterocycles. The molecule has 0 heterocycles. The summed E-state index contributed by atoms with van der Waals surface area (Å²) in [6.45, 7) is 0.186. The van der Waals surface area contributed by atoms with Gasteiger partial charge in [0.05, 0.1) is 5.75 Å². The molecule has 4 nitrogen and oxygen atoms in total. The average molecular weight is 291 g/mol. The Labute approximate surface area is 119 Å². The van der Waals surface area contributed by atoms with Crippen LogP contribution in [0.15, 0.2) is 54.6 Å². The van der Waals surface area contributed by atoms with Gasteiger partial charge in [-0.3, -0.25) is 0 Å². The predicted octanol–water partition coefficient (Wildman–Crippen LogP) is 2.05. The van der Waals surface area contributed by atoms with Crippen LogP contribution in [0.5, 0.6) is 5.75 Å². The van der Waals surface area contributed by atoms with E-state index in [0.29, 0.717) is 6.42 Å². The molecule has 0 saturated heterocycles. The Kier molecular flexibility index (Phi) is 4.76. The van der Waals surface area contributed by atoms with Crippen LogP contribution in [-0.2, 0) is 23.0 Å². The topological polar surface area (TPSA) is 66.4 Å². The normalized spacial score (nSPS) is 11.4. The van der Waals surface area contributed by atoms with Gasteiger partial charge in [-0.15, -0.1) is 0 Å². The van der Waals surface area contributed by atoms with Gasteiger partial charge in [0.15, 0.2) is 0 Å². The molecule has 106 valence electrons. The molecular weight excluding hydrogens is 274 g/mol. The molecule has 0 radical (unpaired) electrons. The SMILES string of the molecule is O=S(=O)(CCc1ccccc1)NCc1cccc(O)c1. The van der Waals surface area contributed by atoms with Crippen molar-refractivity contribution in [2.24, 2.45) is 0 Å². The zero-order valence-electron chi connectivity index (χ0n) is 11.0. The standard InChI is InChI=1S/C15H17NO3S/c17-15-8-4-7-14(11-15)12-16-20(18,19)10-9-13-5-2-1-3-6-13/h1-8,11,16-17H,9-10,12H2. The quantitative estimate of drug-likeness (QED) is 0.856. The number of nitrogens with one attached hydrogen (secondary N) is 1. The van der Waals surface area contributed by atoms with E-state index in [1.54, 1.807) is 24.3 Å². The van der Waals surface area contributed by atoms with Gasteiger partial charge in [-0.25, -0.2) is 13.1 Å². The van der Waals surface area contributed by atoms with Gasteiger partial charge in [0, 0.05) is 6.54 Å². The number of aromatic hydroxyl groups is 1. The third kappa shape index (κ3) is 4.68. The lowest BCUT2D eigenvalue weighted by atomic mass is 10.2. The molecule has 0 spiro atoms. The summed E-state index contributed by atoms with van der Waals surface area (Å²) in [6.07, 6.45) is 0.482. The van der Waals surface area contributed by atoms with Crippen LogP contribution in [0.3, 0.4) is 0 Å². The van der Waals surface area contributed by atoms with Gasteiger partial charge < -0.3 is 5.11 Å². The Balaban J connectivity index is 1.88. The van der Waals surface area contributed by atoms with Gasteiger partial charge in [-0.2, -0.15) is 0 Å². The van der Waals surface area contributed by atoms with E-state index in [1.807, 2.05) is 30.3 Å². The second-order valence-electron chi connectivity index (χ2n) is 4.55. The Hall–Kier alpha value is -1.85. The largest absolute Gasteiger partial charge is 0.508 e. The highest BCUT2D eigenvalue weighted by Crippen LogP contribution is 2.11. The lowest BCUT2D eigenvalue weighted by Gasteiger charge is -2.07. The molecule has 2 aromatic carbocycles. The van der Waals surface area contributed by atoms with Crippen molar-refractivity contribution in [3.05, 3.63) is 65.7 Å². The van der Waals surface area contributed by atoms with Crippen molar-refractivity contribution in [1.29, 1.82) is 0 Å². The molecule has 2 N–H and O–H groups in total. The van der Waals surface area contributed by atoms with Crippen molar-refractivity contribution in [1.82, 2.24) is 4.72 Å². The third-order valence-electron chi connectivity index (χ3n) is 2.91. The fourth-order valence-corrected chi connectivity index (χ4v) is 2.86. The summed E-state index contributed by atoms with van der Waals surface area (Å²) in [5.74, 6) is 0.182. The molecule has 0 fully saturated rings. The summed E-state index contributed by atoms with van der Waals surface area (Å²) in [5, 5.41) is 9.32. The maximum atomic E-state index is 11.9. The van der Waals surface area contributed by atoms with Crippen molar-refractivity contribution in [3.63, 3.8) is 0 Å². The fourth-order valence-electron chi connectivity index (χ4n) is 1.83. The summed E-state index contributed by atoms with van der Waals surface area (Å²) in [6, 6.07) is 16.0. The summed E-state index contributed by atoms with van der Waals surface area (Å²) >= 11 is 0. The molecule has 0 bridgehead atoms. The second kappa shape index (κ2) is 6.54. The Morgan fingerprint density at radius 3 is 2.35 bits per heavy atom. The van der Waals surface area contributed by atoms with Crippen LogP contribution < -0.4 is 4.72 Å². The van der Waals surface area contributed by atoms with Gasteiger partial charge in [0.2, 0.25) is 10.0 Å². The van der Waals surface area contributed by atoms with Crippen LogP contribution in [0.4, 0.5) is 0 Å². The number of phenolic OH excluding ortho intramolecular Hbond substituents is 1. The number of hydrogen-bond donors (Lipinski definition) is 2. The van der Waals surface area contributed by atoms with Crippen LogP contribution in [-0.4, -0.2) is 19.3 Å². The lowest BCUT2D eigenvalue weighted by Crippen LogP contribution is -2.26. The maximum absolute atomic E-state index is 11.9. The monoisotopic (exact) mass is 291 g/mol. The van der Waals surface area contributed by atoms with Crippen LogP contribution in [0.1, 0.15) is 11.1 Å². The molecule has 0 atom stereocenters. The van der Waals surface area contributed by atoms with E-state index >= 15 is 0 Å². The van der Waals surface area contributed by atoms with E-state index in [4.69, 9.17) is 0 Å². The number of hydrogen-bond acceptors (Lipinski definition) is 3. The summed E-state index contributed by atoms with van der Waals surface area (Å²) in [7, 11) is -3.32. The number of sulfonamides is 1. The minimum Gasteiger partial charge on any atom is -0.508 e. The van der Waals surface area contributed by atoms with E-state index in [9.17, 15) is 13.5 Å². The van der Waals surface area contributed by atoms with Crippen molar-refractivity contribution in [2.45, 2.75) is 13.0 Å². The second-order valence-corrected chi connectivity index (χ2v) is 6.47. The van der Waals surface area contributed by atoms with E-state index in [0.717, 1.165) is 11.1 Å². The number of benzene rings is 2. The van der Waals surface area contributed by atoms with Crippen molar-refractivity contribution in [3.8, 4) is 5.75 Å². The van der Waals surface area contributed by atoms with Gasteiger partial charge >= 0.3 is 0 Å². The van der Waals surface area contributed by atoms with E-state index < -0.39 is 10.0 Å². The number of rotatable bonds is 6. The molecule has 0 aliphatic heterocycles. The smallest absolute Gasteiger partial charge is 0.212 e. The Bertz CT molecular complexity index is 654. The zero-order valence-corrected chi connectivity index (χ0v) is 11.8. The molecule has 0 saturated carbocycles. The first-order valence-electron chi connectivity index (χ1n) is 6.34. The third-order valence-corrected chi connectivity index (χ3v) is 4.23. The first-order valence-corrected chi connectivity index (χ1v) is 7.99. The van der Waals surface area contributed by atoms with E-state index in [2.05, 4.69) is 4.72 Å². The highest BCUT2D eigenvalue weighted by atomic mass is 32.2. The molecule has 0 aliphatic rings. The van der Waals surface area contributed by atoms with Crippen LogP contribution in [0, 0.1) is 0 Å². The van der Waals surface area contributed by atoms with Crippen molar-refractivity contribution < 1.29 is 13.5 Å². The van der Waals surface area contributed by atoms with Crippen LogP contribution in [0.25, 0.3) is 0 Å².